The molecular formula is C9H15N5O. The molecule has 1 aromatic heterocycles. The van der Waals surface area contributed by atoms with Crippen LogP contribution in [0.1, 0.15) is 0 Å². The molecule has 0 unspecified atom stereocenters. The highest BCUT2D eigenvalue weighted by Gasteiger charge is 2.12. The van der Waals surface area contributed by atoms with E-state index in [2.05, 4.69) is 15.1 Å². The maximum Gasteiger partial charge on any atom is 0.165 e. The standard InChI is InChI=1S/C9H15N5O/c1-13(10)8-2-3-9(12-11-8)14-4-6-15-7-5-14/h2-3H,4-7,10H2,1H3. The molecule has 0 aromatic carbocycles. The van der Waals surface area contributed by atoms with Crippen LogP contribution < -0.4 is 15.8 Å². The van der Waals surface area contributed by atoms with E-state index in [0.29, 0.717) is 5.82 Å². The van der Waals surface area contributed by atoms with Crippen molar-refractivity contribution in [2.75, 3.05) is 43.3 Å². The fraction of sp³-hybridized carbons (Fsp3) is 0.556. The van der Waals surface area contributed by atoms with Crippen LogP contribution in [0.2, 0.25) is 0 Å². The average Bonchev–Trinajstić information content (AvgIpc) is 2.30. The van der Waals surface area contributed by atoms with Gasteiger partial charge < -0.3 is 9.64 Å². The molecule has 0 bridgehead atoms. The van der Waals surface area contributed by atoms with E-state index in [1.807, 2.05) is 12.1 Å². The first kappa shape index (κ1) is 10.1. The second kappa shape index (κ2) is 4.41. The second-order valence-corrected chi connectivity index (χ2v) is 3.46. The summed E-state index contributed by atoms with van der Waals surface area (Å²) in [6, 6.07) is 3.79. The molecule has 82 valence electrons. The van der Waals surface area contributed by atoms with Gasteiger partial charge in [-0.15, -0.1) is 10.2 Å². The number of anilines is 2. The number of nitrogens with two attached hydrogens (primary N) is 1. The number of aromatic nitrogens is 2. The van der Waals surface area contributed by atoms with Crippen molar-refractivity contribution < 1.29 is 4.74 Å². The molecule has 0 atom stereocenters. The molecule has 0 aliphatic carbocycles. The van der Waals surface area contributed by atoms with Gasteiger partial charge in [-0.25, -0.2) is 5.84 Å². The molecule has 6 heteroatoms. The van der Waals surface area contributed by atoms with Crippen LogP contribution >= 0.6 is 0 Å². The smallest absolute Gasteiger partial charge is 0.165 e. The molecule has 1 aromatic rings. The third-order valence-corrected chi connectivity index (χ3v) is 2.33. The van der Waals surface area contributed by atoms with Crippen molar-refractivity contribution in [2.45, 2.75) is 0 Å². The number of hydrazine groups is 1. The Kier molecular flexibility index (Phi) is 2.98. The van der Waals surface area contributed by atoms with Gasteiger partial charge in [0.25, 0.3) is 0 Å². The lowest BCUT2D eigenvalue weighted by Crippen LogP contribution is -2.37. The van der Waals surface area contributed by atoms with Crippen LogP contribution in [0, 0.1) is 0 Å². The van der Waals surface area contributed by atoms with E-state index in [4.69, 9.17) is 10.6 Å². The van der Waals surface area contributed by atoms with Crippen LogP contribution in [0.3, 0.4) is 0 Å². The van der Waals surface area contributed by atoms with E-state index in [0.717, 1.165) is 32.1 Å². The predicted molar refractivity (Wildman–Crippen MR) is 57.7 cm³/mol. The molecule has 6 nitrogen and oxygen atoms in total. The van der Waals surface area contributed by atoms with Crippen LogP contribution in [-0.2, 0) is 4.74 Å². The van der Waals surface area contributed by atoms with Gasteiger partial charge in [0.1, 0.15) is 0 Å². The number of morpholine rings is 1. The minimum atomic E-state index is 0.659. The normalized spacial score (nSPS) is 16.5. The zero-order chi connectivity index (χ0) is 10.7. The van der Waals surface area contributed by atoms with Gasteiger partial charge in [0.15, 0.2) is 11.6 Å². The maximum atomic E-state index is 5.54. The van der Waals surface area contributed by atoms with E-state index in [1.165, 1.54) is 5.01 Å². The molecule has 1 aliphatic heterocycles. The highest BCUT2D eigenvalue weighted by Crippen LogP contribution is 2.13. The Labute approximate surface area is 88.6 Å². The summed E-state index contributed by atoms with van der Waals surface area (Å²) in [6.07, 6.45) is 0. The van der Waals surface area contributed by atoms with Gasteiger partial charge in [-0.2, -0.15) is 0 Å². The van der Waals surface area contributed by atoms with Gasteiger partial charge in [0, 0.05) is 20.1 Å². The molecular weight excluding hydrogens is 194 g/mol. The van der Waals surface area contributed by atoms with E-state index in [9.17, 15) is 0 Å². The lowest BCUT2D eigenvalue weighted by Gasteiger charge is -2.27. The van der Waals surface area contributed by atoms with Crippen LogP contribution in [-0.4, -0.2) is 43.5 Å². The van der Waals surface area contributed by atoms with Crippen molar-refractivity contribution in [2.24, 2.45) is 5.84 Å². The zero-order valence-electron chi connectivity index (χ0n) is 8.76. The van der Waals surface area contributed by atoms with Crippen LogP contribution in [0.25, 0.3) is 0 Å². The van der Waals surface area contributed by atoms with E-state index in [1.54, 1.807) is 7.05 Å². The summed E-state index contributed by atoms with van der Waals surface area (Å²) in [5.74, 6) is 7.08. The fourth-order valence-corrected chi connectivity index (χ4v) is 1.47. The topological polar surface area (TPSA) is 67.5 Å². The number of hydrogen-bond donors (Lipinski definition) is 1. The van der Waals surface area contributed by atoms with E-state index in [-0.39, 0.29) is 0 Å². The van der Waals surface area contributed by atoms with Crippen LogP contribution in [0.15, 0.2) is 12.1 Å². The summed E-state index contributed by atoms with van der Waals surface area (Å²) in [7, 11) is 1.73. The van der Waals surface area contributed by atoms with Gasteiger partial charge in [-0.1, -0.05) is 0 Å². The van der Waals surface area contributed by atoms with Crippen LogP contribution in [0.4, 0.5) is 11.6 Å². The molecule has 15 heavy (non-hydrogen) atoms. The van der Waals surface area contributed by atoms with Gasteiger partial charge in [-0.3, -0.25) is 5.01 Å². The molecule has 2 N–H and O–H groups in total. The van der Waals surface area contributed by atoms with Crippen molar-refractivity contribution in [1.29, 1.82) is 0 Å². The average molecular weight is 209 g/mol. The summed E-state index contributed by atoms with van der Waals surface area (Å²) in [4.78, 5) is 2.15. The lowest BCUT2D eigenvalue weighted by molar-refractivity contribution is 0.122. The van der Waals surface area contributed by atoms with E-state index >= 15 is 0 Å². The first-order chi connectivity index (χ1) is 7.27. The van der Waals surface area contributed by atoms with Gasteiger partial charge in [0.05, 0.1) is 13.2 Å². The maximum absolute atomic E-state index is 5.54. The number of nitrogens with zero attached hydrogens (tertiary/aromatic N) is 4. The Morgan fingerprint density at radius 1 is 1.33 bits per heavy atom. The molecule has 0 spiro atoms. The Morgan fingerprint density at radius 2 is 2.07 bits per heavy atom. The molecule has 0 amide bonds. The number of rotatable bonds is 2. The Bertz CT molecular complexity index is 307. The fourth-order valence-electron chi connectivity index (χ4n) is 1.47. The molecule has 1 saturated heterocycles. The zero-order valence-corrected chi connectivity index (χ0v) is 8.76. The van der Waals surface area contributed by atoms with Crippen molar-refractivity contribution in [3.8, 4) is 0 Å². The minimum absolute atomic E-state index is 0.659. The number of ether oxygens (including phenoxy) is 1. The number of hydrogen-bond acceptors (Lipinski definition) is 6. The van der Waals surface area contributed by atoms with Crippen molar-refractivity contribution in [1.82, 2.24) is 10.2 Å². The Balaban J connectivity index is 2.08. The third-order valence-electron chi connectivity index (χ3n) is 2.33. The van der Waals surface area contributed by atoms with Gasteiger partial charge >= 0.3 is 0 Å². The highest BCUT2D eigenvalue weighted by atomic mass is 16.5. The molecule has 0 radical (unpaired) electrons. The first-order valence-electron chi connectivity index (χ1n) is 4.92. The molecule has 2 rings (SSSR count). The van der Waals surface area contributed by atoms with Crippen molar-refractivity contribution >= 4 is 11.6 Å². The molecule has 1 fully saturated rings. The Morgan fingerprint density at radius 3 is 2.60 bits per heavy atom. The van der Waals surface area contributed by atoms with Crippen molar-refractivity contribution in [3.05, 3.63) is 12.1 Å². The largest absolute Gasteiger partial charge is 0.378 e. The molecule has 2 heterocycles. The van der Waals surface area contributed by atoms with Gasteiger partial charge in [-0.05, 0) is 12.1 Å². The van der Waals surface area contributed by atoms with Gasteiger partial charge in [0.2, 0.25) is 0 Å². The summed E-state index contributed by atoms with van der Waals surface area (Å²) in [5.41, 5.74) is 0. The van der Waals surface area contributed by atoms with Crippen molar-refractivity contribution in [3.63, 3.8) is 0 Å². The molecule has 0 saturated carbocycles. The first-order valence-corrected chi connectivity index (χ1v) is 4.92. The Hall–Kier alpha value is -1.40. The summed E-state index contributed by atoms with van der Waals surface area (Å²) < 4.78 is 5.27. The monoisotopic (exact) mass is 209 g/mol. The summed E-state index contributed by atoms with van der Waals surface area (Å²) in [6.45, 7) is 3.24. The summed E-state index contributed by atoms with van der Waals surface area (Å²) >= 11 is 0. The minimum Gasteiger partial charge on any atom is -0.378 e. The summed E-state index contributed by atoms with van der Waals surface area (Å²) in [5, 5.41) is 9.58. The highest BCUT2D eigenvalue weighted by molar-refractivity contribution is 5.43. The SMILES string of the molecule is CN(N)c1ccc(N2CCOCC2)nn1. The second-order valence-electron chi connectivity index (χ2n) is 3.46. The predicted octanol–water partition coefficient (Wildman–Crippen LogP) is -0.377. The van der Waals surface area contributed by atoms with E-state index < -0.39 is 0 Å². The lowest BCUT2D eigenvalue weighted by atomic mass is 10.4. The molecule has 1 aliphatic rings. The third kappa shape index (κ3) is 2.34. The van der Waals surface area contributed by atoms with Crippen LogP contribution in [0.5, 0.6) is 0 Å². The quantitative estimate of drug-likeness (QED) is 0.529.